The van der Waals surface area contributed by atoms with Crippen molar-refractivity contribution in [2.45, 2.75) is 12.2 Å². The Labute approximate surface area is 144 Å². The largest absolute Gasteiger partial charge is 0.334 e. The molecule has 24 heavy (non-hydrogen) atoms. The maximum Gasteiger partial charge on any atom is 0.328 e. The van der Waals surface area contributed by atoms with Crippen LogP contribution in [0.2, 0.25) is 0 Å². The first-order valence-corrected chi connectivity index (χ1v) is 8.56. The Hall–Kier alpha value is -2.35. The maximum absolute atomic E-state index is 12.6. The van der Waals surface area contributed by atoms with Crippen molar-refractivity contribution in [1.29, 1.82) is 0 Å². The number of aliphatic imine (C=N–C) groups is 2. The number of benzene rings is 1. The van der Waals surface area contributed by atoms with E-state index in [1.807, 2.05) is 35.2 Å². The van der Waals surface area contributed by atoms with E-state index in [1.165, 1.54) is 28.6 Å². The van der Waals surface area contributed by atoms with Crippen molar-refractivity contribution >= 4 is 33.9 Å². The summed E-state index contributed by atoms with van der Waals surface area (Å²) in [6.07, 6.45) is -0.459. The van der Waals surface area contributed by atoms with E-state index in [9.17, 15) is 9.59 Å². The van der Waals surface area contributed by atoms with Gasteiger partial charge < -0.3 is 9.80 Å². The van der Waals surface area contributed by atoms with Crippen molar-refractivity contribution in [3.8, 4) is 0 Å². The molecule has 4 rings (SSSR count). The summed E-state index contributed by atoms with van der Waals surface area (Å²) in [4.78, 5) is 38.8. The molecule has 2 unspecified atom stereocenters. The smallest absolute Gasteiger partial charge is 0.328 e. The van der Waals surface area contributed by atoms with Crippen LogP contribution in [0.3, 0.4) is 0 Å². The number of carbonyl (C=O) groups is 2. The summed E-state index contributed by atoms with van der Waals surface area (Å²) in [5.74, 6) is -0.203. The minimum absolute atomic E-state index is 0.203. The fourth-order valence-electron chi connectivity index (χ4n) is 3.17. The number of amidine groups is 1. The van der Waals surface area contributed by atoms with Gasteiger partial charge in [-0.2, -0.15) is 0 Å². The Balaban J connectivity index is 1.67. The number of thioether (sulfide) groups is 1. The summed E-state index contributed by atoms with van der Waals surface area (Å²) in [5, 5.41) is 1.65. The SMILES string of the molecule is CN1C(=O)C2C(N=C3SC(c4ccccc4)=NCCN32)N(C)C1=O. The van der Waals surface area contributed by atoms with E-state index in [0.29, 0.717) is 13.1 Å². The van der Waals surface area contributed by atoms with Crippen LogP contribution in [0.15, 0.2) is 40.3 Å². The Morgan fingerprint density at radius 1 is 1.17 bits per heavy atom. The van der Waals surface area contributed by atoms with Crippen LogP contribution in [0.1, 0.15) is 5.56 Å². The van der Waals surface area contributed by atoms with Gasteiger partial charge in [0.15, 0.2) is 17.4 Å². The van der Waals surface area contributed by atoms with E-state index in [0.717, 1.165) is 15.8 Å². The number of nitrogens with zero attached hydrogens (tertiary/aromatic N) is 5. The molecule has 3 heterocycles. The Morgan fingerprint density at radius 2 is 1.92 bits per heavy atom. The van der Waals surface area contributed by atoms with Gasteiger partial charge in [0.25, 0.3) is 5.91 Å². The molecule has 0 bridgehead atoms. The fraction of sp³-hybridized carbons (Fsp3) is 0.375. The highest BCUT2D eigenvalue weighted by atomic mass is 32.2. The van der Waals surface area contributed by atoms with Crippen molar-refractivity contribution in [3.63, 3.8) is 0 Å². The average Bonchev–Trinajstić information content (AvgIpc) is 2.83. The van der Waals surface area contributed by atoms with Gasteiger partial charge in [0.1, 0.15) is 5.04 Å². The van der Waals surface area contributed by atoms with Gasteiger partial charge in [0, 0.05) is 26.2 Å². The number of rotatable bonds is 1. The summed E-state index contributed by atoms with van der Waals surface area (Å²) >= 11 is 1.47. The molecule has 3 aliphatic heterocycles. The lowest BCUT2D eigenvalue weighted by Gasteiger charge is -2.39. The first-order valence-electron chi connectivity index (χ1n) is 7.74. The third-order valence-corrected chi connectivity index (χ3v) is 5.56. The van der Waals surface area contributed by atoms with Crippen LogP contribution in [-0.4, -0.2) is 76.2 Å². The average molecular weight is 343 g/mol. The number of likely N-dealkylation sites (N-methyl/N-ethyl adjacent to an activating group) is 2. The quantitative estimate of drug-likeness (QED) is 0.765. The molecule has 1 saturated heterocycles. The van der Waals surface area contributed by atoms with E-state index in [-0.39, 0.29) is 11.9 Å². The summed E-state index contributed by atoms with van der Waals surface area (Å²) in [6.45, 7) is 1.21. The van der Waals surface area contributed by atoms with Crippen molar-refractivity contribution in [2.24, 2.45) is 9.98 Å². The van der Waals surface area contributed by atoms with Gasteiger partial charge in [-0.15, -0.1) is 0 Å². The highest BCUT2D eigenvalue weighted by Crippen LogP contribution is 2.33. The number of hydrogen-bond acceptors (Lipinski definition) is 6. The normalized spacial score (nSPS) is 26.7. The number of urea groups is 1. The van der Waals surface area contributed by atoms with Crippen LogP contribution in [0.25, 0.3) is 0 Å². The zero-order valence-corrected chi connectivity index (χ0v) is 14.2. The van der Waals surface area contributed by atoms with Crippen LogP contribution in [-0.2, 0) is 4.79 Å². The van der Waals surface area contributed by atoms with Gasteiger partial charge in [-0.1, -0.05) is 30.3 Å². The zero-order chi connectivity index (χ0) is 16.8. The molecule has 7 nitrogen and oxygen atoms in total. The van der Waals surface area contributed by atoms with Gasteiger partial charge in [-0.05, 0) is 11.8 Å². The molecule has 0 spiro atoms. The highest BCUT2D eigenvalue weighted by Gasteiger charge is 2.51. The topological polar surface area (TPSA) is 68.6 Å². The third-order valence-electron chi connectivity index (χ3n) is 4.48. The minimum atomic E-state index is -0.459. The van der Waals surface area contributed by atoms with Gasteiger partial charge in [0.2, 0.25) is 0 Å². The highest BCUT2D eigenvalue weighted by molar-refractivity contribution is 8.26. The van der Waals surface area contributed by atoms with Gasteiger partial charge >= 0.3 is 6.03 Å². The second kappa shape index (κ2) is 5.62. The Bertz CT molecular complexity index is 763. The number of fused-ring (bicyclic) bond motifs is 3. The van der Waals surface area contributed by atoms with E-state index in [1.54, 1.807) is 7.05 Å². The number of hydrogen-bond donors (Lipinski definition) is 0. The molecule has 0 aliphatic carbocycles. The monoisotopic (exact) mass is 343 g/mol. The molecule has 0 N–H and O–H groups in total. The van der Waals surface area contributed by atoms with E-state index >= 15 is 0 Å². The maximum atomic E-state index is 12.6. The van der Waals surface area contributed by atoms with Crippen molar-refractivity contribution in [2.75, 3.05) is 27.2 Å². The zero-order valence-electron chi connectivity index (χ0n) is 13.4. The molecule has 1 aromatic carbocycles. The lowest BCUT2D eigenvalue weighted by atomic mass is 10.1. The first kappa shape index (κ1) is 15.2. The molecular formula is C16H17N5O2S. The van der Waals surface area contributed by atoms with Crippen molar-refractivity contribution in [3.05, 3.63) is 35.9 Å². The number of amides is 3. The first-order chi connectivity index (χ1) is 11.6. The molecule has 3 amide bonds. The molecule has 1 aromatic rings. The summed E-state index contributed by atoms with van der Waals surface area (Å²) in [7, 11) is 3.21. The van der Waals surface area contributed by atoms with Crippen LogP contribution in [0, 0.1) is 0 Å². The molecule has 1 fully saturated rings. The fourth-order valence-corrected chi connectivity index (χ4v) is 4.23. The van der Waals surface area contributed by atoms with Crippen LogP contribution < -0.4 is 0 Å². The molecular weight excluding hydrogens is 326 g/mol. The van der Waals surface area contributed by atoms with Crippen molar-refractivity contribution < 1.29 is 9.59 Å². The van der Waals surface area contributed by atoms with E-state index in [4.69, 9.17) is 0 Å². The van der Waals surface area contributed by atoms with Gasteiger partial charge in [0.05, 0.1) is 6.54 Å². The molecule has 124 valence electrons. The molecule has 8 heteroatoms. The van der Waals surface area contributed by atoms with Gasteiger partial charge in [-0.3, -0.25) is 14.7 Å². The lowest BCUT2D eigenvalue weighted by molar-refractivity contribution is -0.136. The summed E-state index contributed by atoms with van der Waals surface area (Å²) in [5.41, 5.74) is 1.04. The van der Waals surface area contributed by atoms with Crippen LogP contribution in [0.4, 0.5) is 4.79 Å². The predicted octanol–water partition coefficient (Wildman–Crippen LogP) is 1.07. The molecule has 2 atom stereocenters. The lowest BCUT2D eigenvalue weighted by Crippen LogP contribution is -2.64. The molecule has 0 aromatic heterocycles. The van der Waals surface area contributed by atoms with Crippen LogP contribution >= 0.6 is 11.8 Å². The van der Waals surface area contributed by atoms with Crippen molar-refractivity contribution in [1.82, 2.24) is 14.7 Å². The van der Waals surface area contributed by atoms with E-state index in [2.05, 4.69) is 9.98 Å². The second-order valence-electron chi connectivity index (χ2n) is 5.91. The number of imide groups is 1. The second-order valence-corrected chi connectivity index (χ2v) is 6.87. The third kappa shape index (κ3) is 2.21. The Morgan fingerprint density at radius 3 is 2.67 bits per heavy atom. The minimum Gasteiger partial charge on any atom is -0.334 e. The standard InChI is InChI=1S/C16H17N5O2S/c1-19-12-11(14(22)20(2)16(19)23)21-9-8-17-13(24-15(21)18-12)10-6-4-3-5-7-10/h3-7,11-12H,8-9H2,1-2H3. The Kier molecular flexibility index (Phi) is 3.56. The van der Waals surface area contributed by atoms with Gasteiger partial charge in [-0.25, -0.2) is 9.79 Å². The molecule has 0 saturated carbocycles. The summed E-state index contributed by atoms with van der Waals surface area (Å²) in [6, 6.07) is 9.17. The predicted molar refractivity (Wildman–Crippen MR) is 93.1 cm³/mol. The number of carbonyl (C=O) groups excluding carboxylic acids is 2. The van der Waals surface area contributed by atoms with E-state index < -0.39 is 12.2 Å². The van der Waals surface area contributed by atoms with Crippen LogP contribution in [0.5, 0.6) is 0 Å². The molecule has 0 radical (unpaired) electrons. The molecule has 3 aliphatic rings. The summed E-state index contributed by atoms with van der Waals surface area (Å²) < 4.78 is 0.